The maximum atomic E-state index is 15.1. The second-order valence-corrected chi connectivity index (χ2v) is 11.3. The molecular formula is C26H31FO4. The molecule has 6 aliphatic rings. The predicted molar refractivity (Wildman–Crippen MR) is 113 cm³/mol. The molecule has 1 N–H and O–H groups in total. The second kappa shape index (κ2) is 7.05. The summed E-state index contributed by atoms with van der Waals surface area (Å²) in [6.45, 7) is 0.659. The average molecular weight is 427 g/mol. The number of halogens is 1. The van der Waals surface area contributed by atoms with E-state index < -0.39 is 23.6 Å². The zero-order valence-electron chi connectivity index (χ0n) is 17.9. The van der Waals surface area contributed by atoms with E-state index in [1.165, 1.54) is 44.6 Å². The van der Waals surface area contributed by atoms with E-state index in [4.69, 9.17) is 4.74 Å². The van der Waals surface area contributed by atoms with Crippen LogP contribution in [0.3, 0.4) is 0 Å². The molecule has 0 aromatic heterocycles. The zero-order chi connectivity index (χ0) is 21.3. The Morgan fingerprint density at radius 3 is 2.10 bits per heavy atom. The molecule has 6 fully saturated rings. The lowest BCUT2D eigenvalue weighted by atomic mass is 9.50. The van der Waals surface area contributed by atoms with Crippen molar-refractivity contribution in [1.82, 2.24) is 0 Å². The van der Waals surface area contributed by atoms with Crippen LogP contribution in [0.1, 0.15) is 86.0 Å². The van der Waals surface area contributed by atoms with E-state index in [1.807, 2.05) is 0 Å². The van der Waals surface area contributed by atoms with Gasteiger partial charge in [0.15, 0.2) is 5.78 Å². The SMILES string of the molecule is O=C(O)[C@@H]1CC[C@H]1C(=O)c1cc(C2CC2)c(OCC23CC4CC(CC(C4)C2)C3)cc1F. The molecule has 0 aliphatic heterocycles. The van der Waals surface area contributed by atoms with E-state index in [9.17, 15) is 14.7 Å². The molecule has 0 radical (unpaired) electrons. The summed E-state index contributed by atoms with van der Waals surface area (Å²) in [5.74, 6) is 0.323. The Hall–Kier alpha value is -1.91. The van der Waals surface area contributed by atoms with Gasteiger partial charge >= 0.3 is 5.97 Å². The molecule has 0 spiro atoms. The lowest BCUT2D eigenvalue weighted by molar-refractivity contribution is -0.146. The van der Waals surface area contributed by atoms with E-state index in [-0.39, 0.29) is 16.8 Å². The highest BCUT2D eigenvalue weighted by atomic mass is 19.1. The quantitative estimate of drug-likeness (QED) is 0.577. The van der Waals surface area contributed by atoms with Crippen LogP contribution >= 0.6 is 0 Å². The number of carbonyl (C=O) groups is 2. The maximum absolute atomic E-state index is 15.1. The first kappa shape index (κ1) is 19.8. The minimum atomic E-state index is -0.956. The first-order chi connectivity index (χ1) is 14.9. The predicted octanol–water partition coefficient (Wildman–Crippen LogP) is 5.59. The zero-order valence-corrected chi connectivity index (χ0v) is 17.9. The van der Waals surface area contributed by atoms with Crippen molar-refractivity contribution in [3.63, 3.8) is 0 Å². The van der Waals surface area contributed by atoms with Gasteiger partial charge in [-0.3, -0.25) is 9.59 Å². The summed E-state index contributed by atoms with van der Waals surface area (Å²) in [6, 6.07) is 3.09. The first-order valence-corrected chi connectivity index (χ1v) is 12.1. The van der Waals surface area contributed by atoms with Gasteiger partial charge < -0.3 is 9.84 Å². The number of aliphatic carboxylic acids is 1. The van der Waals surface area contributed by atoms with Crippen LogP contribution in [0, 0.1) is 40.8 Å². The molecule has 1 aromatic rings. The number of hydrogen-bond acceptors (Lipinski definition) is 3. The third kappa shape index (κ3) is 3.39. The standard InChI is InChI=1S/C26H31FO4/c27-22-9-23(31-13-26-10-14-5-15(11-26)7-16(6-14)12-26)20(17-1-2-17)8-21(22)24(28)18-3-4-19(18)25(29)30/h8-9,14-19H,1-7,10-13H2,(H,29,30)/t14?,15?,16?,18-,19-,26?/m1/s1. The van der Waals surface area contributed by atoms with Crippen molar-refractivity contribution in [2.75, 3.05) is 6.61 Å². The van der Waals surface area contributed by atoms with Crippen LogP contribution in [-0.4, -0.2) is 23.5 Å². The van der Waals surface area contributed by atoms with Gasteiger partial charge in [-0.05, 0) is 99.5 Å². The third-order valence-electron chi connectivity index (χ3n) is 9.01. The summed E-state index contributed by atoms with van der Waals surface area (Å²) < 4.78 is 21.4. The molecule has 2 atom stereocenters. The van der Waals surface area contributed by atoms with Crippen LogP contribution < -0.4 is 4.74 Å². The highest BCUT2D eigenvalue weighted by molar-refractivity contribution is 6.01. The number of carbonyl (C=O) groups excluding carboxylic acids is 1. The van der Waals surface area contributed by atoms with E-state index in [1.54, 1.807) is 6.07 Å². The summed E-state index contributed by atoms with van der Waals surface area (Å²) in [6.07, 6.45) is 11.0. The van der Waals surface area contributed by atoms with Crippen molar-refractivity contribution in [2.24, 2.45) is 35.0 Å². The van der Waals surface area contributed by atoms with Crippen LogP contribution in [0.2, 0.25) is 0 Å². The van der Waals surface area contributed by atoms with Crippen molar-refractivity contribution in [3.8, 4) is 5.75 Å². The van der Waals surface area contributed by atoms with Gasteiger partial charge in [0.1, 0.15) is 11.6 Å². The van der Waals surface area contributed by atoms with Gasteiger partial charge in [-0.2, -0.15) is 0 Å². The number of Topliss-reactive ketones (excluding diaryl/α,β-unsaturated/α-hetero) is 1. The van der Waals surface area contributed by atoms with E-state index >= 15 is 4.39 Å². The molecule has 0 unspecified atom stereocenters. The number of ether oxygens (including phenoxy) is 1. The molecule has 4 nitrogen and oxygen atoms in total. The van der Waals surface area contributed by atoms with E-state index in [0.717, 1.165) is 36.2 Å². The summed E-state index contributed by atoms with van der Waals surface area (Å²) in [5.41, 5.74) is 1.25. The summed E-state index contributed by atoms with van der Waals surface area (Å²) in [7, 11) is 0. The van der Waals surface area contributed by atoms with Gasteiger partial charge in [0.05, 0.1) is 18.1 Å². The number of carboxylic acid groups (broad SMARTS) is 1. The topological polar surface area (TPSA) is 63.6 Å². The van der Waals surface area contributed by atoms with Crippen LogP contribution in [-0.2, 0) is 4.79 Å². The molecule has 31 heavy (non-hydrogen) atoms. The second-order valence-electron chi connectivity index (χ2n) is 11.3. The number of benzene rings is 1. The third-order valence-corrected chi connectivity index (χ3v) is 9.01. The van der Waals surface area contributed by atoms with Crippen molar-refractivity contribution < 1.29 is 23.8 Å². The van der Waals surface area contributed by atoms with E-state index in [2.05, 4.69) is 0 Å². The molecule has 5 heteroatoms. The molecule has 166 valence electrons. The number of hydrogen-bond donors (Lipinski definition) is 1. The summed E-state index contributed by atoms with van der Waals surface area (Å²) in [4.78, 5) is 24.2. The fraction of sp³-hybridized carbons (Fsp3) is 0.692. The molecule has 7 rings (SSSR count). The Kier molecular flexibility index (Phi) is 4.49. The lowest BCUT2D eigenvalue weighted by Gasteiger charge is -2.56. The smallest absolute Gasteiger partial charge is 0.307 e. The average Bonchev–Trinajstić information content (AvgIpc) is 3.49. The maximum Gasteiger partial charge on any atom is 0.307 e. The fourth-order valence-electron chi connectivity index (χ4n) is 7.61. The Balaban J connectivity index is 1.23. The molecule has 0 amide bonds. The number of carboxylic acids is 1. The van der Waals surface area contributed by atoms with Crippen molar-refractivity contribution in [1.29, 1.82) is 0 Å². The van der Waals surface area contributed by atoms with Gasteiger partial charge in [-0.15, -0.1) is 0 Å². The van der Waals surface area contributed by atoms with Gasteiger partial charge in [-0.1, -0.05) is 0 Å². The Bertz CT molecular complexity index is 898. The Morgan fingerprint density at radius 2 is 1.58 bits per heavy atom. The van der Waals surface area contributed by atoms with Gasteiger partial charge in [0.2, 0.25) is 0 Å². The molecule has 6 saturated carbocycles. The highest BCUT2D eigenvalue weighted by Gasteiger charge is 2.51. The molecular weight excluding hydrogens is 395 g/mol. The molecule has 0 heterocycles. The minimum Gasteiger partial charge on any atom is -0.493 e. The van der Waals surface area contributed by atoms with Crippen molar-refractivity contribution in [2.45, 2.75) is 70.1 Å². The summed E-state index contributed by atoms with van der Waals surface area (Å²) in [5, 5.41) is 9.29. The van der Waals surface area contributed by atoms with E-state index in [0.29, 0.717) is 31.1 Å². The van der Waals surface area contributed by atoms with Gasteiger partial charge in [-0.25, -0.2) is 4.39 Å². The normalized spacial score (nSPS) is 38.0. The number of ketones is 1. The molecule has 1 aromatic carbocycles. The van der Waals surface area contributed by atoms with Crippen LogP contribution in [0.25, 0.3) is 0 Å². The molecule has 6 aliphatic carbocycles. The van der Waals surface area contributed by atoms with Crippen LogP contribution in [0.15, 0.2) is 12.1 Å². The van der Waals surface area contributed by atoms with Crippen LogP contribution in [0.4, 0.5) is 4.39 Å². The number of rotatable bonds is 7. The monoisotopic (exact) mass is 426 g/mol. The lowest BCUT2D eigenvalue weighted by Crippen LogP contribution is -2.48. The van der Waals surface area contributed by atoms with Gasteiger partial charge in [0.25, 0.3) is 0 Å². The van der Waals surface area contributed by atoms with Crippen molar-refractivity contribution in [3.05, 3.63) is 29.1 Å². The Morgan fingerprint density at radius 1 is 0.968 bits per heavy atom. The fourth-order valence-corrected chi connectivity index (χ4v) is 7.61. The highest BCUT2D eigenvalue weighted by Crippen LogP contribution is 2.60. The minimum absolute atomic E-state index is 0.0556. The van der Waals surface area contributed by atoms with Gasteiger partial charge in [0, 0.05) is 17.4 Å². The molecule has 4 bridgehead atoms. The summed E-state index contributed by atoms with van der Waals surface area (Å²) >= 11 is 0. The largest absolute Gasteiger partial charge is 0.493 e. The first-order valence-electron chi connectivity index (χ1n) is 12.1. The Labute approximate surface area is 182 Å². The van der Waals surface area contributed by atoms with Crippen molar-refractivity contribution >= 4 is 11.8 Å². The van der Waals surface area contributed by atoms with Crippen LogP contribution in [0.5, 0.6) is 5.75 Å². The molecule has 0 saturated heterocycles.